The molecule has 1 aromatic heterocycles. The molecule has 0 spiro atoms. The molecule has 1 unspecified atom stereocenters. The van der Waals surface area contributed by atoms with E-state index >= 15 is 0 Å². The van der Waals surface area contributed by atoms with Gasteiger partial charge in [0, 0.05) is 14.2 Å². The molecule has 8 heteroatoms. The fourth-order valence-electron chi connectivity index (χ4n) is 1.32. The predicted molar refractivity (Wildman–Crippen MR) is 59.2 cm³/mol. The maximum atomic E-state index is 11.8. The number of aromatic nitrogens is 3. The highest BCUT2D eigenvalue weighted by Gasteiger charge is 2.15. The number of ether oxygens (including phenoxy) is 1. The number of hydrogen-bond donors (Lipinski definition) is 0. The van der Waals surface area contributed by atoms with Crippen LogP contribution in [0.2, 0.25) is 0 Å². The first-order chi connectivity index (χ1) is 7.93. The average molecular weight is 245 g/mol. The molecule has 0 saturated heterocycles. The van der Waals surface area contributed by atoms with E-state index in [1.165, 1.54) is 21.3 Å². The van der Waals surface area contributed by atoms with Crippen LogP contribution < -0.4 is 21.9 Å². The zero-order valence-corrected chi connectivity index (χ0v) is 10.2. The van der Waals surface area contributed by atoms with Crippen LogP contribution in [0.3, 0.4) is 0 Å². The van der Waals surface area contributed by atoms with E-state index < -0.39 is 17.1 Å². The third-order valence-electron chi connectivity index (χ3n) is 2.41. The molecule has 0 amide bonds. The molecule has 1 atom stereocenters. The van der Waals surface area contributed by atoms with Gasteiger partial charge in [-0.1, -0.05) is 4.73 Å². The number of nitrogens with zero attached hydrogens (tertiary/aromatic N) is 3. The molecule has 0 aliphatic rings. The maximum Gasteiger partial charge on any atom is 0.370 e. The first-order valence-electron chi connectivity index (χ1n) is 4.94. The van der Waals surface area contributed by atoms with Crippen molar-refractivity contribution in [3.63, 3.8) is 0 Å². The Morgan fingerprint density at radius 2 is 1.71 bits per heavy atom. The second-order valence-corrected chi connectivity index (χ2v) is 3.54. The Hall–Kier alpha value is -1.83. The minimum Gasteiger partial charge on any atom is -0.408 e. The van der Waals surface area contributed by atoms with Crippen molar-refractivity contribution in [2.45, 2.75) is 19.6 Å². The molecule has 0 bridgehead atoms. The normalized spacial score (nSPS) is 12.5. The Bertz CT molecular complexity index is 567. The molecule has 0 saturated carbocycles. The van der Waals surface area contributed by atoms with Gasteiger partial charge in [-0.3, -0.25) is 0 Å². The Labute approximate surface area is 96.6 Å². The van der Waals surface area contributed by atoms with Gasteiger partial charge in [0.2, 0.25) is 0 Å². The van der Waals surface area contributed by atoms with Gasteiger partial charge in [0.1, 0.15) is 7.11 Å². The van der Waals surface area contributed by atoms with E-state index in [1.54, 1.807) is 6.92 Å². The van der Waals surface area contributed by atoms with E-state index in [2.05, 4.69) is 4.84 Å². The van der Waals surface area contributed by atoms with Crippen molar-refractivity contribution in [1.29, 1.82) is 0 Å². The number of methoxy groups -OCH3 is 1. The van der Waals surface area contributed by atoms with Crippen LogP contribution in [0, 0.1) is 0 Å². The van der Waals surface area contributed by atoms with Gasteiger partial charge in [-0.25, -0.2) is 23.5 Å². The van der Waals surface area contributed by atoms with Gasteiger partial charge < -0.3 is 9.57 Å². The predicted octanol–water partition coefficient (Wildman–Crippen LogP) is -2.20. The highest BCUT2D eigenvalue weighted by molar-refractivity contribution is 4.76. The first kappa shape index (κ1) is 13.2. The minimum absolute atomic E-state index is 0.0473. The first-order valence-corrected chi connectivity index (χ1v) is 4.94. The monoisotopic (exact) mass is 245 g/mol. The summed E-state index contributed by atoms with van der Waals surface area (Å²) in [6.45, 7) is 1.75. The van der Waals surface area contributed by atoms with Gasteiger partial charge in [0.25, 0.3) is 0 Å². The van der Waals surface area contributed by atoms with Crippen LogP contribution in [-0.4, -0.2) is 34.2 Å². The van der Waals surface area contributed by atoms with Crippen LogP contribution in [0.1, 0.15) is 6.92 Å². The van der Waals surface area contributed by atoms with E-state index in [4.69, 9.17) is 4.74 Å². The molecule has 8 nitrogen and oxygen atoms in total. The van der Waals surface area contributed by atoms with Crippen molar-refractivity contribution in [2.24, 2.45) is 7.05 Å². The van der Waals surface area contributed by atoms with Gasteiger partial charge in [-0.15, -0.1) is 0 Å². The topological polar surface area (TPSA) is 84.5 Å². The molecule has 0 aliphatic heterocycles. The van der Waals surface area contributed by atoms with E-state index in [0.29, 0.717) is 4.73 Å². The molecule has 0 N–H and O–H groups in total. The lowest BCUT2D eigenvalue weighted by atomic mass is 10.4. The molecule has 1 aromatic rings. The lowest BCUT2D eigenvalue weighted by molar-refractivity contribution is 0.0885. The average Bonchev–Trinajstić information content (AvgIpc) is 2.32. The van der Waals surface area contributed by atoms with Crippen molar-refractivity contribution in [1.82, 2.24) is 13.9 Å². The van der Waals surface area contributed by atoms with Gasteiger partial charge in [0.15, 0.2) is 0 Å². The third-order valence-corrected chi connectivity index (χ3v) is 2.41. The summed E-state index contributed by atoms with van der Waals surface area (Å²) in [5.74, 6) is 0. The molecule has 0 fully saturated rings. The summed E-state index contributed by atoms with van der Waals surface area (Å²) in [4.78, 5) is 39.7. The van der Waals surface area contributed by atoms with Crippen LogP contribution in [-0.2, 0) is 18.3 Å². The summed E-state index contributed by atoms with van der Waals surface area (Å²) in [5, 5.41) is 0. The second kappa shape index (κ2) is 5.00. The molecule has 1 heterocycles. The van der Waals surface area contributed by atoms with Crippen molar-refractivity contribution in [3.8, 4) is 0 Å². The maximum absolute atomic E-state index is 11.8. The van der Waals surface area contributed by atoms with Crippen LogP contribution in [0.15, 0.2) is 14.4 Å². The fourth-order valence-corrected chi connectivity index (χ4v) is 1.32. The van der Waals surface area contributed by atoms with Crippen molar-refractivity contribution < 1.29 is 9.57 Å². The Morgan fingerprint density at radius 1 is 1.12 bits per heavy atom. The van der Waals surface area contributed by atoms with E-state index in [0.717, 1.165) is 9.13 Å². The summed E-state index contributed by atoms with van der Waals surface area (Å²) in [6, 6.07) is 0. The summed E-state index contributed by atoms with van der Waals surface area (Å²) < 4.78 is 7.18. The molecule has 1 rings (SSSR count). The van der Waals surface area contributed by atoms with E-state index in [-0.39, 0.29) is 12.6 Å². The lowest BCUT2D eigenvalue weighted by Gasteiger charge is -2.13. The van der Waals surface area contributed by atoms with E-state index in [1.807, 2.05) is 0 Å². The van der Waals surface area contributed by atoms with Crippen LogP contribution in [0.4, 0.5) is 0 Å². The number of hydrogen-bond acceptors (Lipinski definition) is 5. The van der Waals surface area contributed by atoms with Gasteiger partial charge in [0.05, 0.1) is 12.6 Å². The smallest absolute Gasteiger partial charge is 0.370 e. The van der Waals surface area contributed by atoms with E-state index in [9.17, 15) is 14.4 Å². The zero-order chi connectivity index (χ0) is 13.2. The highest BCUT2D eigenvalue weighted by Crippen LogP contribution is 1.88. The lowest BCUT2D eigenvalue weighted by Crippen LogP contribution is -2.56. The Kier molecular flexibility index (Phi) is 3.89. The van der Waals surface area contributed by atoms with Gasteiger partial charge in [-0.05, 0) is 6.92 Å². The molecular formula is C9H15N3O5. The molecular weight excluding hydrogens is 230 g/mol. The number of rotatable bonds is 4. The molecule has 0 aromatic carbocycles. The van der Waals surface area contributed by atoms with Crippen LogP contribution >= 0.6 is 0 Å². The van der Waals surface area contributed by atoms with Crippen LogP contribution in [0.5, 0.6) is 0 Å². The fraction of sp³-hybridized carbons (Fsp3) is 0.667. The molecule has 17 heavy (non-hydrogen) atoms. The molecule has 0 radical (unpaired) electrons. The summed E-state index contributed by atoms with van der Waals surface area (Å²) in [5.41, 5.74) is -2.33. The molecule has 96 valence electrons. The SMILES string of the molecule is COC(C)Cn1c(=O)n(C)c(=O)n(OC)c1=O. The molecule has 0 aliphatic carbocycles. The third kappa shape index (κ3) is 2.31. The summed E-state index contributed by atoms with van der Waals surface area (Å²) >= 11 is 0. The standard InChI is InChI=1S/C9H15N3O5/c1-6(16-3)5-11-7(13)10(2)8(14)12(17-4)9(11)15/h6H,5H2,1-4H3. The van der Waals surface area contributed by atoms with Crippen molar-refractivity contribution >= 4 is 0 Å². The minimum atomic E-state index is -0.816. The van der Waals surface area contributed by atoms with Crippen molar-refractivity contribution in [3.05, 3.63) is 31.5 Å². The zero-order valence-electron chi connectivity index (χ0n) is 10.2. The van der Waals surface area contributed by atoms with Crippen molar-refractivity contribution in [2.75, 3.05) is 14.2 Å². The summed E-state index contributed by atoms with van der Waals surface area (Å²) in [6.07, 6.45) is -0.330. The Morgan fingerprint density at radius 3 is 2.18 bits per heavy atom. The Balaban J connectivity index is 3.51. The largest absolute Gasteiger partial charge is 0.408 e. The second-order valence-electron chi connectivity index (χ2n) is 3.54. The quantitative estimate of drug-likeness (QED) is 0.601. The highest BCUT2D eigenvalue weighted by atomic mass is 16.7. The van der Waals surface area contributed by atoms with Gasteiger partial charge >= 0.3 is 17.1 Å². The van der Waals surface area contributed by atoms with Crippen LogP contribution in [0.25, 0.3) is 0 Å². The van der Waals surface area contributed by atoms with Gasteiger partial charge in [-0.2, -0.15) is 0 Å². The summed E-state index contributed by atoms with van der Waals surface area (Å²) in [7, 11) is 3.91.